The Labute approximate surface area is 194 Å². The summed E-state index contributed by atoms with van der Waals surface area (Å²) in [6.07, 6.45) is 7.65. The first-order valence-corrected chi connectivity index (χ1v) is 12.2. The van der Waals surface area contributed by atoms with Gasteiger partial charge in [-0.1, -0.05) is 61.7 Å². The Hall–Kier alpha value is -3.16. The van der Waals surface area contributed by atoms with Gasteiger partial charge >= 0.3 is 6.03 Å². The van der Waals surface area contributed by atoms with Crippen molar-refractivity contribution in [3.05, 3.63) is 36.2 Å². The Morgan fingerprint density at radius 2 is 1.82 bits per heavy atom. The molecule has 1 aliphatic carbocycles. The minimum Gasteiger partial charge on any atom is -0.352 e. The summed E-state index contributed by atoms with van der Waals surface area (Å²) in [6, 6.07) is 10.4. The van der Waals surface area contributed by atoms with Crippen molar-refractivity contribution >= 4 is 22.9 Å². The molecule has 8 nitrogen and oxygen atoms in total. The Kier molecular flexibility index (Phi) is 6.41. The van der Waals surface area contributed by atoms with Gasteiger partial charge in [0.1, 0.15) is 22.7 Å². The van der Waals surface area contributed by atoms with E-state index in [9.17, 15) is 4.79 Å². The van der Waals surface area contributed by atoms with Gasteiger partial charge in [-0.15, -0.1) is 0 Å². The standard InChI is InChI=1S/C25H32N6O2/c1-2-9-20-27-23(21-22(29-33-24(21)28-20)18-10-5-3-6-11-18)30-14-16-31(17-15-30)25(32)26-19-12-7-4-8-13-19/h3,5-6,10-11,19H,2,4,7-9,12-17H2,1H3,(H,26,32). The lowest BCUT2D eigenvalue weighted by atomic mass is 9.96. The first-order chi connectivity index (χ1) is 16.2. The third-order valence-electron chi connectivity index (χ3n) is 6.68. The van der Waals surface area contributed by atoms with Crippen LogP contribution in [-0.4, -0.2) is 58.3 Å². The highest BCUT2D eigenvalue weighted by molar-refractivity contribution is 5.98. The molecule has 8 heteroatoms. The van der Waals surface area contributed by atoms with Crippen LogP contribution in [0, 0.1) is 0 Å². The van der Waals surface area contributed by atoms with E-state index in [0.29, 0.717) is 24.8 Å². The molecule has 1 aliphatic heterocycles. The number of hydrogen-bond donors (Lipinski definition) is 1. The number of hydrogen-bond acceptors (Lipinski definition) is 6. The number of benzene rings is 1. The summed E-state index contributed by atoms with van der Waals surface area (Å²) in [5.74, 6) is 1.63. The Bertz CT molecular complexity index is 1080. The lowest BCUT2D eigenvalue weighted by molar-refractivity contribution is 0.186. The lowest BCUT2D eigenvalue weighted by Gasteiger charge is -2.36. The highest BCUT2D eigenvalue weighted by atomic mass is 16.5. The fourth-order valence-corrected chi connectivity index (χ4v) is 4.87. The van der Waals surface area contributed by atoms with Gasteiger partial charge in [-0.3, -0.25) is 0 Å². The zero-order valence-electron chi connectivity index (χ0n) is 19.3. The number of aryl methyl sites for hydroxylation is 1. The molecule has 0 unspecified atom stereocenters. The van der Waals surface area contributed by atoms with Crippen LogP contribution in [0.3, 0.4) is 0 Å². The van der Waals surface area contributed by atoms with Crippen molar-refractivity contribution in [1.82, 2.24) is 25.3 Å². The molecule has 1 N–H and O–H groups in total. The van der Waals surface area contributed by atoms with E-state index in [1.54, 1.807) is 0 Å². The maximum atomic E-state index is 12.8. The van der Waals surface area contributed by atoms with Crippen LogP contribution in [0.25, 0.3) is 22.4 Å². The summed E-state index contributed by atoms with van der Waals surface area (Å²) in [4.78, 5) is 26.5. The average Bonchev–Trinajstić information content (AvgIpc) is 3.29. The van der Waals surface area contributed by atoms with Crippen LogP contribution in [0.5, 0.6) is 0 Å². The van der Waals surface area contributed by atoms with Gasteiger partial charge in [-0.2, -0.15) is 4.98 Å². The molecule has 0 radical (unpaired) electrons. The van der Waals surface area contributed by atoms with Gasteiger partial charge in [0.2, 0.25) is 0 Å². The highest BCUT2D eigenvalue weighted by Crippen LogP contribution is 2.34. The number of piperazine rings is 1. The number of nitrogens with zero attached hydrogens (tertiary/aromatic N) is 5. The Morgan fingerprint density at radius 1 is 1.06 bits per heavy atom. The summed E-state index contributed by atoms with van der Waals surface area (Å²) in [5, 5.41) is 8.44. The molecule has 0 atom stereocenters. The number of nitrogens with one attached hydrogen (secondary N) is 1. The average molecular weight is 449 g/mol. The minimum absolute atomic E-state index is 0.0657. The quantitative estimate of drug-likeness (QED) is 0.622. The second-order valence-electron chi connectivity index (χ2n) is 9.05. The molecular weight excluding hydrogens is 416 g/mol. The normalized spacial score (nSPS) is 17.5. The van der Waals surface area contributed by atoms with Crippen LogP contribution in [-0.2, 0) is 6.42 Å². The van der Waals surface area contributed by atoms with Gasteiger partial charge in [-0.05, 0) is 19.3 Å². The van der Waals surface area contributed by atoms with Crippen molar-refractivity contribution in [3.8, 4) is 11.3 Å². The van der Waals surface area contributed by atoms with E-state index in [4.69, 9.17) is 9.51 Å². The predicted molar refractivity (Wildman–Crippen MR) is 128 cm³/mol. The van der Waals surface area contributed by atoms with Crippen molar-refractivity contribution < 1.29 is 9.32 Å². The van der Waals surface area contributed by atoms with E-state index in [0.717, 1.165) is 67.1 Å². The van der Waals surface area contributed by atoms with Crippen molar-refractivity contribution in [2.24, 2.45) is 0 Å². The van der Waals surface area contributed by atoms with Crippen LogP contribution in [0.2, 0.25) is 0 Å². The molecule has 33 heavy (non-hydrogen) atoms. The van der Waals surface area contributed by atoms with Gasteiger partial charge in [0, 0.05) is 44.2 Å². The number of carbonyl (C=O) groups excluding carboxylic acids is 1. The molecular formula is C25H32N6O2. The molecule has 3 heterocycles. The molecule has 1 aromatic carbocycles. The zero-order valence-corrected chi connectivity index (χ0v) is 19.3. The first-order valence-electron chi connectivity index (χ1n) is 12.2. The predicted octanol–water partition coefficient (Wildman–Crippen LogP) is 4.40. The van der Waals surface area contributed by atoms with E-state index >= 15 is 0 Å². The fraction of sp³-hybridized carbons (Fsp3) is 0.520. The van der Waals surface area contributed by atoms with Crippen LogP contribution >= 0.6 is 0 Å². The SMILES string of the molecule is CCCc1nc(N2CCN(C(=O)NC3CCCCC3)CC2)c2c(-c3ccccc3)noc2n1. The van der Waals surface area contributed by atoms with Crippen molar-refractivity contribution in [1.29, 1.82) is 0 Å². The van der Waals surface area contributed by atoms with Crippen LogP contribution in [0.1, 0.15) is 51.3 Å². The lowest BCUT2D eigenvalue weighted by Crippen LogP contribution is -2.54. The third-order valence-corrected chi connectivity index (χ3v) is 6.68. The van der Waals surface area contributed by atoms with Gasteiger partial charge in [0.15, 0.2) is 0 Å². The molecule has 0 bridgehead atoms. The van der Waals surface area contributed by atoms with E-state index in [1.165, 1.54) is 19.3 Å². The van der Waals surface area contributed by atoms with Crippen LogP contribution < -0.4 is 10.2 Å². The third kappa shape index (κ3) is 4.65. The van der Waals surface area contributed by atoms with E-state index in [-0.39, 0.29) is 6.03 Å². The van der Waals surface area contributed by atoms with Gasteiger partial charge < -0.3 is 19.6 Å². The maximum absolute atomic E-state index is 12.8. The topological polar surface area (TPSA) is 87.4 Å². The number of rotatable bonds is 5. The Balaban J connectivity index is 1.37. The summed E-state index contributed by atoms with van der Waals surface area (Å²) in [5.41, 5.74) is 2.27. The zero-order chi connectivity index (χ0) is 22.6. The number of anilines is 1. The van der Waals surface area contributed by atoms with E-state index in [2.05, 4.69) is 27.3 Å². The van der Waals surface area contributed by atoms with Crippen molar-refractivity contribution in [3.63, 3.8) is 0 Å². The second-order valence-corrected chi connectivity index (χ2v) is 9.05. The number of aromatic nitrogens is 3. The van der Waals surface area contributed by atoms with Gasteiger partial charge in [-0.25, -0.2) is 9.78 Å². The summed E-state index contributed by atoms with van der Waals surface area (Å²) in [6.45, 7) is 4.88. The fourth-order valence-electron chi connectivity index (χ4n) is 4.87. The first kappa shape index (κ1) is 21.7. The molecule has 3 aromatic rings. The van der Waals surface area contributed by atoms with Gasteiger partial charge in [0.25, 0.3) is 5.71 Å². The summed E-state index contributed by atoms with van der Waals surface area (Å²) < 4.78 is 5.66. The number of carbonyl (C=O) groups is 1. The molecule has 1 saturated heterocycles. The van der Waals surface area contributed by atoms with Crippen LogP contribution in [0.15, 0.2) is 34.9 Å². The summed E-state index contributed by atoms with van der Waals surface area (Å²) >= 11 is 0. The highest BCUT2D eigenvalue weighted by Gasteiger charge is 2.28. The van der Waals surface area contributed by atoms with Crippen molar-refractivity contribution in [2.45, 2.75) is 57.9 Å². The number of fused-ring (bicyclic) bond motifs is 1. The van der Waals surface area contributed by atoms with E-state index < -0.39 is 0 Å². The molecule has 0 spiro atoms. The molecule has 2 fully saturated rings. The Morgan fingerprint density at radius 3 is 2.55 bits per heavy atom. The van der Waals surface area contributed by atoms with Gasteiger partial charge in [0.05, 0.1) is 0 Å². The van der Waals surface area contributed by atoms with E-state index in [1.807, 2.05) is 35.2 Å². The number of urea groups is 1. The minimum atomic E-state index is 0.0657. The monoisotopic (exact) mass is 448 g/mol. The molecule has 2 amide bonds. The molecule has 2 aromatic heterocycles. The summed E-state index contributed by atoms with van der Waals surface area (Å²) in [7, 11) is 0. The molecule has 5 rings (SSSR count). The number of amides is 2. The maximum Gasteiger partial charge on any atom is 0.317 e. The smallest absolute Gasteiger partial charge is 0.317 e. The molecule has 2 aliphatic rings. The van der Waals surface area contributed by atoms with Crippen LogP contribution in [0.4, 0.5) is 10.6 Å². The molecule has 174 valence electrons. The second kappa shape index (κ2) is 9.77. The van der Waals surface area contributed by atoms with Crippen molar-refractivity contribution in [2.75, 3.05) is 31.1 Å². The molecule has 1 saturated carbocycles. The largest absolute Gasteiger partial charge is 0.352 e.